The van der Waals surface area contributed by atoms with E-state index >= 15 is 0 Å². The largest absolute Gasteiger partial charge is 0.496 e. The molecule has 0 aromatic heterocycles. The molecule has 4 nitrogen and oxygen atoms in total. The lowest BCUT2D eigenvalue weighted by molar-refractivity contribution is 0.410. The van der Waals surface area contributed by atoms with Gasteiger partial charge in [-0.3, -0.25) is 0 Å². The Bertz CT molecular complexity index is 832. The van der Waals surface area contributed by atoms with Gasteiger partial charge in [-0.2, -0.15) is 0 Å². The molecule has 0 unspecified atom stereocenters. The predicted octanol–water partition coefficient (Wildman–Crippen LogP) is 3.75. The fraction of sp³-hybridized carbons (Fsp3) is 0.294. The van der Waals surface area contributed by atoms with Crippen LogP contribution < -0.4 is 9.46 Å². The fourth-order valence-corrected chi connectivity index (χ4v) is 4.30. The summed E-state index contributed by atoms with van der Waals surface area (Å²) in [6, 6.07) is 8.85. The molecule has 2 aromatic rings. The van der Waals surface area contributed by atoms with Gasteiger partial charge in [-0.1, -0.05) is 23.7 Å². The van der Waals surface area contributed by atoms with Gasteiger partial charge >= 0.3 is 0 Å². The van der Waals surface area contributed by atoms with Crippen LogP contribution in [0.15, 0.2) is 35.2 Å². The smallest absolute Gasteiger partial charge is 0.241 e. The first kappa shape index (κ1) is 17.8. The zero-order valence-electron chi connectivity index (χ0n) is 13.6. The van der Waals surface area contributed by atoms with Gasteiger partial charge in [0.05, 0.1) is 12.0 Å². The van der Waals surface area contributed by atoms with E-state index in [9.17, 15) is 8.42 Å². The molecule has 1 N–H and O–H groups in total. The van der Waals surface area contributed by atoms with Crippen LogP contribution >= 0.6 is 11.6 Å². The Hall–Kier alpha value is -1.56. The third-order valence-corrected chi connectivity index (χ3v) is 5.75. The topological polar surface area (TPSA) is 55.4 Å². The Morgan fingerprint density at radius 3 is 2.43 bits per heavy atom. The van der Waals surface area contributed by atoms with Crippen LogP contribution in [0.3, 0.4) is 0 Å². The van der Waals surface area contributed by atoms with Crippen molar-refractivity contribution in [2.45, 2.75) is 32.2 Å². The molecule has 2 aromatic carbocycles. The zero-order valence-corrected chi connectivity index (χ0v) is 15.2. The maximum Gasteiger partial charge on any atom is 0.241 e. The zero-order chi connectivity index (χ0) is 17.2. The highest BCUT2D eigenvalue weighted by atomic mass is 35.5. The molecule has 124 valence electrons. The second-order valence-corrected chi connectivity index (χ2v) is 7.57. The van der Waals surface area contributed by atoms with Crippen LogP contribution in [0.1, 0.15) is 22.3 Å². The highest BCUT2D eigenvalue weighted by molar-refractivity contribution is 7.89. The van der Waals surface area contributed by atoms with Gasteiger partial charge in [0.2, 0.25) is 10.0 Å². The van der Waals surface area contributed by atoms with E-state index in [1.165, 1.54) is 0 Å². The lowest BCUT2D eigenvalue weighted by Gasteiger charge is -2.16. The van der Waals surface area contributed by atoms with E-state index in [4.69, 9.17) is 16.3 Å². The molecule has 0 heterocycles. The number of halogens is 1. The number of nitrogens with one attached hydrogen (secondary N) is 1. The summed E-state index contributed by atoms with van der Waals surface area (Å²) in [7, 11) is -2.05. The molecule has 0 saturated heterocycles. The van der Waals surface area contributed by atoms with Gasteiger partial charge in [0.15, 0.2) is 0 Å². The number of benzene rings is 2. The summed E-state index contributed by atoms with van der Waals surface area (Å²) in [5.74, 6) is 0.689. The molecule has 0 fully saturated rings. The molecule has 0 bridgehead atoms. The van der Waals surface area contributed by atoms with Gasteiger partial charge in [-0.25, -0.2) is 13.1 Å². The number of ether oxygens (including phenoxy) is 1. The summed E-state index contributed by atoms with van der Waals surface area (Å²) in [6.07, 6.45) is 0. The second-order valence-electron chi connectivity index (χ2n) is 5.43. The van der Waals surface area contributed by atoms with E-state index in [1.54, 1.807) is 45.2 Å². The van der Waals surface area contributed by atoms with Crippen molar-refractivity contribution in [3.05, 3.63) is 57.6 Å². The number of rotatable bonds is 5. The van der Waals surface area contributed by atoms with Crippen molar-refractivity contribution in [2.75, 3.05) is 7.11 Å². The van der Waals surface area contributed by atoms with E-state index in [2.05, 4.69) is 4.72 Å². The van der Waals surface area contributed by atoms with Crippen LogP contribution in [0.4, 0.5) is 0 Å². The van der Waals surface area contributed by atoms with Gasteiger partial charge < -0.3 is 4.74 Å². The number of hydrogen-bond acceptors (Lipinski definition) is 3. The van der Waals surface area contributed by atoms with Crippen LogP contribution in [0.25, 0.3) is 0 Å². The number of aryl methyl sites for hydroxylation is 1. The van der Waals surface area contributed by atoms with E-state index in [-0.39, 0.29) is 6.54 Å². The summed E-state index contributed by atoms with van der Waals surface area (Å²) < 4.78 is 33.3. The summed E-state index contributed by atoms with van der Waals surface area (Å²) in [5.41, 5.74) is 2.98. The molecule has 0 atom stereocenters. The van der Waals surface area contributed by atoms with Gasteiger partial charge in [0.1, 0.15) is 5.75 Å². The van der Waals surface area contributed by atoms with E-state index in [1.807, 2.05) is 13.0 Å². The quantitative estimate of drug-likeness (QED) is 0.890. The van der Waals surface area contributed by atoms with E-state index < -0.39 is 10.0 Å². The summed E-state index contributed by atoms with van der Waals surface area (Å²) in [6.45, 7) is 5.60. The predicted molar refractivity (Wildman–Crippen MR) is 92.7 cm³/mol. The molecule has 0 radical (unpaired) electrons. The van der Waals surface area contributed by atoms with Crippen LogP contribution in [0, 0.1) is 20.8 Å². The van der Waals surface area contributed by atoms with Gasteiger partial charge in [-0.05, 0) is 61.2 Å². The molecule has 0 aliphatic carbocycles. The highest BCUT2D eigenvalue weighted by Gasteiger charge is 2.22. The maximum absolute atomic E-state index is 12.7. The fourth-order valence-electron chi connectivity index (χ4n) is 2.54. The summed E-state index contributed by atoms with van der Waals surface area (Å²) in [4.78, 5) is 0.304. The maximum atomic E-state index is 12.7. The van der Waals surface area contributed by atoms with Crippen LogP contribution in [0.2, 0.25) is 5.02 Å². The van der Waals surface area contributed by atoms with Crippen molar-refractivity contribution in [1.29, 1.82) is 0 Å². The van der Waals surface area contributed by atoms with Crippen molar-refractivity contribution >= 4 is 21.6 Å². The first-order valence-corrected chi connectivity index (χ1v) is 9.01. The summed E-state index contributed by atoms with van der Waals surface area (Å²) >= 11 is 5.93. The number of methoxy groups -OCH3 is 1. The molecular weight excluding hydrogens is 334 g/mol. The lowest BCUT2D eigenvalue weighted by Crippen LogP contribution is -2.25. The summed E-state index contributed by atoms with van der Waals surface area (Å²) in [5, 5.41) is 0.578. The molecule has 6 heteroatoms. The Labute approximate surface area is 142 Å². The van der Waals surface area contributed by atoms with Crippen LogP contribution in [0.5, 0.6) is 5.75 Å². The third-order valence-electron chi connectivity index (χ3n) is 3.82. The molecule has 23 heavy (non-hydrogen) atoms. The average molecular weight is 354 g/mol. The molecule has 2 rings (SSSR count). The van der Waals surface area contributed by atoms with Crippen molar-refractivity contribution in [3.8, 4) is 5.75 Å². The van der Waals surface area contributed by atoms with Crippen molar-refractivity contribution in [1.82, 2.24) is 4.72 Å². The molecular formula is C17H20ClNO3S. The molecule has 0 saturated carbocycles. The van der Waals surface area contributed by atoms with Gasteiger partial charge in [0.25, 0.3) is 0 Å². The first-order valence-electron chi connectivity index (χ1n) is 7.15. The van der Waals surface area contributed by atoms with Crippen molar-refractivity contribution in [3.63, 3.8) is 0 Å². The van der Waals surface area contributed by atoms with Crippen LogP contribution in [-0.4, -0.2) is 15.5 Å². The van der Waals surface area contributed by atoms with Crippen molar-refractivity contribution < 1.29 is 13.2 Å². The first-order chi connectivity index (χ1) is 10.8. The molecule has 0 aliphatic heterocycles. The normalized spacial score (nSPS) is 11.5. The monoisotopic (exact) mass is 353 g/mol. The Morgan fingerprint density at radius 2 is 1.83 bits per heavy atom. The van der Waals surface area contributed by atoms with E-state index in [0.29, 0.717) is 26.8 Å². The molecule has 0 spiro atoms. The Morgan fingerprint density at radius 1 is 1.13 bits per heavy atom. The van der Waals surface area contributed by atoms with Crippen molar-refractivity contribution in [2.24, 2.45) is 0 Å². The Kier molecular flexibility index (Phi) is 5.34. The minimum Gasteiger partial charge on any atom is -0.496 e. The standard InChI is InChI=1S/C17H20ClNO3S/c1-11-8-16(22-4)12(2)13(3)17(11)23(20,21)19-10-14-6-5-7-15(18)9-14/h5-9,19H,10H2,1-4H3. The lowest BCUT2D eigenvalue weighted by atomic mass is 10.1. The minimum atomic E-state index is -3.63. The van der Waals surface area contributed by atoms with Gasteiger partial charge in [-0.15, -0.1) is 0 Å². The highest BCUT2D eigenvalue weighted by Crippen LogP contribution is 2.30. The van der Waals surface area contributed by atoms with Gasteiger partial charge in [0, 0.05) is 11.6 Å². The minimum absolute atomic E-state index is 0.187. The Balaban J connectivity index is 2.35. The third kappa shape index (κ3) is 3.86. The number of sulfonamides is 1. The molecule has 0 aliphatic rings. The second kappa shape index (κ2) is 6.91. The van der Waals surface area contributed by atoms with E-state index in [0.717, 1.165) is 11.1 Å². The number of hydrogen-bond donors (Lipinski definition) is 1. The SMILES string of the molecule is COc1cc(C)c(S(=O)(=O)NCc2cccc(Cl)c2)c(C)c1C. The average Bonchev–Trinajstić information content (AvgIpc) is 2.49. The molecule has 0 amide bonds. The van der Waals surface area contributed by atoms with Crippen LogP contribution in [-0.2, 0) is 16.6 Å².